The third-order valence-corrected chi connectivity index (χ3v) is 5.37. The number of thioether (sulfide) groups is 1. The third kappa shape index (κ3) is 4.21. The molecule has 3 rings (SSSR count). The standard InChI is InChI=1S/C16H16N4O2S2/c1-10(2)9-23-16-19-18-15(24-16)17-14(21)12-8-13(22-20-12)11-6-4-3-5-7-11/h3-8,10H,9H2,1-2H3,(H,17,18,21). The van der Waals surface area contributed by atoms with Crippen molar-refractivity contribution in [3.63, 3.8) is 0 Å². The van der Waals surface area contributed by atoms with Crippen molar-refractivity contribution in [2.45, 2.75) is 18.2 Å². The number of nitrogens with one attached hydrogen (secondary N) is 1. The first kappa shape index (κ1) is 16.7. The zero-order chi connectivity index (χ0) is 16.9. The van der Waals surface area contributed by atoms with Crippen LogP contribution < -0.4 is 5.32 Å². The highest BCUT2D eigenvalue weighted by atomic mass is 32.2. The number of rotatable bonds is 6. The van der Waals surface area contributed by atoms with Crippen LogP contribution >= 0.6 is 23.1 Å². The van der Waals surface area contributed by atoms with Gasteiger partial charge < -0.3 is 4.52 Å². The van der Waals surface area contributed by atoms with Gasteiger partial charge in [-0.3, -0.25) is 10.1 Å². The summed E-state index contributed by atoms with van der Waals surface area (Å²) in [4.78, 5) is 12.2. The Morgan fingerprint density at radius 2 is 2.08 bits per heavy atom. The van der Waals surface area contributed by atoms with Gasteiger partial charge in [-0.05, 0) is 5.92 Å². The summed E-state index contributed by atoms with van der Waals surface area (Å²) in [6.45, 7) is 4.29. The van der Waals surface area contributed by atoms with Gasteiger partial charge in [0.05, 0.1) is 0 Å². The van der Waals surface area contributed by atoms with Crippen LogP contribution in [-0.2, 0) is 0 Å². The van der Waals surface area contributed by atoms with Gasteiger partial charge in [-0.25, -0.2) is 0 Å². The molecule has 0 radical (unpaired) electrons. The van der Waals surface area contributed by atoms with E-state index in [9.17, 15) is 4.79 Å². The van der Waals surface area contributed by atoms with Gasteiger partial charge in [0.25, 0.3) is 5.91 Å². The summed E-state index contributed by atoms with van der Waals surface area (Å²) in [5.74, 6) is 1.72. The average Bonchev–Trinajstić information content (AvgIpc) is 3.23. The first-order valence-electron chi connectivity index (χ1n) is 7.41. The van der Waals surface area contributed by atoms with Crippen LogP contribution in [0.1, 0.15) is 24.3 Å². The highest BCUT2D eigenvalue weighted by Gasteiger charge is 2.16. The summed E-state index contributed by atoms with van der Waals surface area (Å²) in [6, 6.07) is 11.1. The molecule has 8 heteroatoms. The molecule has 1 N–H and O–H groups in total. The van der Waals surface area contributed by atoms with Crippen molar-refractivity contribution in [3.05, 3.63) is 42.1 Å². The van der Waals surface area contributed by atoms with Crippen LogP contribution in [0.15, 0.2) is 45.3 Å². The topological polar surface area (TPSA) is 80.9 Å². The molecular formula is C16H16N4O2S2. The largest absolute Gasteiger partial charge is 0.355 e. The van der Waals surface area contributed by atoms with Crippen LogP contribution in [0.3, 0.4) is 0 Å². The first-order chi connectivity index (χ1) is 11.6. The summed E-state index contributed by atoms with van der Waals surface area (Å²) in [7, 11) is 0. The quantitative estimate of drug-likeness (QED) is 0.524. The van der Waals surface area contributed by atoms with Gasteiger partial charge in [0.15, 0.2) is 15.8 Å². The lowest BCUT2D eigenvalue weighted by atomic mass is 10.1. The van der Waals surface area contributed by atoms with E-state index in [1.165, 1.54) is 11.3 Å². The second kappa shape index (κ2) is 7.59. The molecular weight excluding hydrogens is 344 g/mol. The highest BCUT2D eigenvalue weighted by Crippen LogP contribution is 2.27. The second-order valence-corrected chi connectivity index (χ2v) is 7.72. The van der Waals surface area contributed by atoms with Crippen molar-refractivity contribution in [1.29, 1.82) is 0 Å². The molecule has 2 heterocycles. The molecule has 124 valence electrons. The molecule has 0 saturated carbocycles. The fraction of sp³-hybridized carbons (Fsp3) is 0.250. The maximum atomic E-state index is 12.2. The zero-order valence-corrected chi connectivity index (χ0v) is 14.9. The molecule has 0 aliphatic carbocycles. The molecule has 0 aliphatic heterocycles. The molecule has 24 heavy (non-hydrogen) atoms. The predicted octanol–water partition coefficient (Wildman–Crippen LogP) is 4.19. The number of nitrogens with zero attached hydrogens (tertiary/aromatic N) is 3. The lowest BCUT2D eigenvalue weighted by molar-refractivity contribution is 0.101. The number of anilines is 1. The molecule has 0 atom stereocenters. The van der Waals surface area contributed by atoms with Crippen LogP contribution in [0.2, 0.25) is 0 Å². The Bertz CT molecular complexity index is 814. The minimum atomic E-state index is -0.363. The molecule has 0 saturated heterocycles. The number of aromatic nitrogens is 3. The molecule has 1 amide bonds. The van der Waals surface area contributed by atoms with Crippen LogP contribution in [0, 0.1) is 5.92 Å². The van der Waals surface area contributed by atoms with Gasteiger partial charge in [0, 0.05) is 17.4 Å². The highest BCUT2D eigenvalue weighted by molar-refractivity contribution is 8.01. The lowest BCUT2D eigenvalue weighted by Gasteiger charge is -1.99. The van der Waals surface area contributed by atoms with E-state index in [0.717, 1.165) is 15.7 Å². The van der Waals surface area contributed by atoms with E-state index in [4.69, 9.17) is 4.52 Å². The van der Waals surface area contributed by atoms with E-state index in [2.05, 4.69) is 34.5 Å². The Kier molecular flexibility index (Phi) is 5.27. The van der Waals surface area contributed by atoms with E-state index < -0.39 is 0 Å². The summed E-state index contributed by atoms with van der Waals surface area (Å²) in [6.07, 6.45) is 0. The Labute approximate surface area is 147 Å². The molecule has 0 bridgehead atoms. The van der Waals surface area contributed by atoms with E-state index in [-0.39, 0.29) is 11.6 Å². The molecule has 6 nitrogen and oxygen atoms in total. The molecule has 0 unspecified atom stereocenters. The normalized spacial score (nSPS) is 11.0. The molecule has 1 aromatic carbocycles. The molecule has 0 aliphatic rings. The van der Waals surface area contributed by atoms with E-state index >= 15 is 0 Å². The van der Waals surface area contributed by atoms with Gasteiger partial charge in [-0.1, -0.05) is 72.4 Å². The second-order valence-electron chi connectivity index (χ2n) is 5.47. The maximum absolute atomic E-state index is 12.2. The van der Waals surface area contributed by atoms with Gasteiger partial charge in [0.1, 0.15) is 0 Å². The fourth-order valence-electron chi connectivity index (χ4n) is 1.84. The van der Waals surface area contributed by atoms with Gasteiger partial charge in [-0.2, -0.15) is 0 Å². The average molecular weight is 360 g/mol. The van der Waals surface area contributed by atoms with Crippen molar-refractivity contribution >= 4 is 34.1 Å². The van der Waals surface area contributed by atoms with Crippen LogP contribution in [0.5, 0.6) is 0 Å². The number of hydrogen-bond donors (Lipinski definition) is 1. The predicted molar refractivity (Wildman–Crippen MR) is 95.4 cm³/mol. The summed E-state index contributed by atoms with van der Waals surface area (Å²) >= 11 is 2.98. The third-order valence-electron chi connectivity index (χ3n) is 2.97. The minimum Gasteiger partial charge on any atom is -0.355 e. The molecule has 0 spiro atoms. The van der Waals surface area contributed by atoms with Crippen molar-refractivity contribution in [2.24, 2.45) is 5.92 Å². The number of hydrogen-bond acceptors (Lipinski definition) is 7. The Morgan fingerprint density at radius 1 is 1.29 bits per heavy atom. The Morgan fingerprint density at radius 3 is 2.83 bits per heavy atom. The fourth-order valence-corrected chi connectivity index (χ4v) is 3.56. The minimum absolute atomic E-state index is 0.209. The monoisotopic (exact) mass is 360 g/mol. The van der Waals surface area contributed by atoms with Gasteiger partial charge in [0.2, 0.25) is 5.13 Å². The molecule has 2 aromatic heterocycles. The molecule has 0 fully saturated rings. The van der Waals surface area contributed by atoms with Crippen LogP contribution in [0.25, 0.3) is 11.3 Å². The Hall–Kier alpha value is -2.19. The maximum Gasteiger partial charge on any atom is 0.279 e. The number of carbonyl (C=O) groups is 1. The van der Waals surface area contributed by atoms with Gasteiger partial charge >= 0.3 is 0 Å². The summed E-state index contributed by atoms with van der Waals surface area (Å²) in [5.41, 5.74) is 1.08. The summed E-state index contributed by atoms with van der Waals surface area (Å²) < 4.78 is 6.07. The number of benzene rings is 1. The van der Waals surface area contributed by atoms with E-state index in [1.807, 2.05) is 30.3 Å². The van der Waals surface area contributed by atoms with Crippen molar-refractivity contribution < 1.29 is 9.32 Å². The van der Waals surface area contributed by atoms with E-state index in [1.54, 1.807) is 17.8 Å². The van der Waals surface area contributed by atoms with Crippen molar-refractivity contribution in [2.75, 3.05) is 11.1 Å². The van der Waals surface area contributed by atoms with Crippen molar-refractivity contribution in [1.82, 2.24) is 15.4 Å². The number of amides is 1. The molecule has 3 aromatic rings. The van der Waals surface area contributed by atoms with Crippen LogP contribution in [-0.4, -0.2) is 27.0 Å². The lowest BCUT2D eigenvalue weighted by Crippen LogP contribution is -2.11. The van der Waals surface area contributed by atoms with E-state index in [0.29, 0.717) is 16.8 Å². The number of carbonyl (C=O) groups excluding carboxylic acids is 1. The SMILES string of the molecule is CC(C)CSc1nnc(NC(=O)c2cc(-c3ccccc3)on2)s1. The van der Waals surface area contributed by atoms with Crippen molar-refractivity contribution in [3.8, 4) is 11.3 Å². The summed E-state index contributed by atoms with van der Waals surface area (Å²) in [5, 5.41) is 15.0. The zero-order valence-electron chi connectivity index (χ0n) is 13.2. The van der Waals surface area contributed by atoms with Gasteiger partial charge in [-0.15, -0.1) is 10.2 Å². The Balaban J connectivity index is 1.64. The van der Waals surface area contributed by atoms with Crippen LogP contribution in [0.4, 0.5) is 5.13 Å². The first-order valence-corrected chi connectivity index (χ1v) is 9.22. The smallest absolute Gasteiger partial charge is 0.279 e.